The van der Waals surface area contributed by atoms with Crippen LogP contribution in [0.5, 0.6) is 0 Å². The van der Waals surface area contributed by atoms with Crippen molar-refractivity contribution in [1.82, 2.24) is 0 Å². The van der Waals surface area contributed by atoms with Gasteiger partial charge in [0.05, 0.1) is 0 Å². The second kappa shape index (κ2) is 4.51. The van der Waals surface area contributed by atoms with Gasteiger partial charge in [0.1, 0.15) is 18.8 Å². The fourth-order valence-electron chi connectivity index (χ4n) is 0.941. The van der Waals surface area contributed by atoms with Crippen LogP contribution in [0.15, 0.2) is 12.2 Å². The van der Waals surface area contributed by atoms with E-state index < -0.39 is 18.5 Å². The number of hydrogen-bond acceptors (Lipinski definition) is 6. The highest BCUT2D eigenvalue weighted by atomic mass is 17.1. The van der Waals surface area contributed by atoms with E-state index >= 15 is 0 Å². The van der Waals surface area contributed by atoms with Gasteiger partial charge in [-0.25, -0.2) is 9.78 Å². The third kappa shape index (κ3) is 2.24. The molecular weight excluding hydrogens is 168 g/mol. The Bertz CT molecular complexity index is 158. The smallest absolute Gasteiger partial charge is 0.174 e. The lowest BCUT2D eigenvalue weighted by atomic mass is 10.1. The SMILES string of the molecule is OOC[C@H]1O[C@H](O)C=C[C@@H]1OO. The maximum atomic E-state index is 8.94. The summed E-state index contributed by atoms with van der Waals surface area (Å²) in [4.78, 5) is 7.79. The predicted octanol–water partition coefficient (Wildman–Crippen LogP) is -0.392. The molecule has 0 aromatic carbocycles. The largest absolute Gasteiger partial charge is 0.365 e. The molecule has 0 aliphatic carbocycles. The molecule has 0 unspecified atom stereocenters. The molecule has 1 aliphatic heterocycles. The van der Waals surface area contributed by atoms with Crippen LogP contribution in [0.1, 0.15) is 0 Å². The third-order valence-corrected chi connectivity index (χ3v) is 1.51. The van der Waals surface area contributed by atoms with E-state index in [-0.39, 0.29) is 6.61 Å². The van der Waals surface area contributed by atoms with Crippen molar-refractivity contribution in [2.24, 2.45) is 0 Å². The van der Waals surface area contributed by atoms with Gasteiger partial charge < -0.3 is 9.84 Å². The van der Waals surface area contributed by atoms with Crippen LogP contribution in [0.3, 0.4) is 0 Å². The first kappa shape index (κ1) is 9.59. The number of hydrogen-bond donors (Lipinski definition) is 3. The second-order valence-electron chi connectivity index (χ2n) is 2.32. The summed E-state index contributed by atoms with van der Waals surface area (Å²) in [6.07, 6.45) is 0.212. The Labute approximate surface area is 68.5 Å². The van der Waals surface area contributed by atoms with E-state index in [9.17, 15) is 0 Å². The van der Waals surface area contributed by atoms with Crippen molar-refractivity contribution in [3.05, 3.63) is 12.2 Å². The molecule has 12 heavy (non-hydrogen) atoms. The van der Waals surface area contributed by atoms with Gasteiger partial charge in [-0.05, 0) is 12.2 Å². The number of rotatable bonds is 3. The maximum Gasteiger partial charge on any atom is 0.174 e. The van der Waals surface area contributed by atoms with Crippen LogP contribution in [-0.2, 0) is 14.5 Å². The van der Waals surface area contributed by atoms with Crippen molar-refractivity contribution >= 4 is 0 Å². The van der Waals surface area contributed by atoms with Gasteiger partial charge in [0.25, 0.3) is 0 Å². The molecular formula is C6H10O6. The van der Waals surface area contributed by atoms with Gasteiger partial charge in [-0.2, -0.15) is 0 Å². The highest BCUT2D eigenvalue weighted by molar-refractivity contribution is 4.99. The maximum absolute atomic E-state index is 8.94. The van der Waals surface area contributed by atoms with E-state index in [0.29, 0.717) is 0 Å². The molecule has 0 aromatic rings. The Kier molecular flexibility index (Phi) is 3.60. The zero-order chi connectivity index (χ0) is 8.97. The molecule has 0 aromatic heterocycles. The van der Waals surface area contributed by atoms with Crippen LogP contribution in [0.25, 0.3) is 0 Å². The molecule has 1 heterocycles. The molecule has 0 saturated heterocycles. The summed E-state index contributed by atoms with van der Waals surface area (Å²) in [5.41, 5.74) is 0. The minimum absolute atomic E-state index is 0.188. The molecule has 70 valence electrons. The lowest BCUT2D eigenvalue weighted by molar-refractivity contribution is -0.326. The van der Waals surface area contributed by atoms with E-state index in [1.54, 1.807) is 0 Å². The van der Waals surface area contributed by atoms with E-state index in [0.717, 1.165) is 0 Å². The minimum Gasteiger partial charge on any atom is -0.365 e. The summed E-state index contributed by atoms with van der Waals surface area (Å²) in [7, 11) is 0. The fraction of sp³-hybridized carbons (Fsp3) is 0.667. The first-order valence-electron chi connectivity index (χ1n) is 3.36. The van der Waals surface area contributed by atoms with E-state index in [4.69, 9.17) is 20.4 Å². The monoisotopic (exact) mass is 178 g/mol. The molecule has 6 heteroatoms. The van der Waals surface area contributed by atoms with E-state index in [1.807, 2.05) is 0 Å². The molecule has 3 N–H and O–H groups in total. The van der Waals surface area contributed by atoms with Crippen molar-refractivity contribution in [2.75, 3.05) is 6.61 Å². The van der Waals surface area contributed by atoms with Crippen molar-refractivity contribution in [1.29, 1.82) is 0 Å². The van der Waals surface area contributed by atoms with Gasteiger partial charge in [0, 0.05) is 0 Å². The van der Waals surface area contributed by atoms with Crippen LogP contribution in [0, 0.1) is 0 Å². The standard InChI is InChI=1S/C6H10O6/c7-6-2-1-4(12-9)5(11-6)3-10-8/h1-2,4-9H,3H2/t4-,5+,6-/m0/s1. The summed E-state index contributed by atoms with van der Waals surface area (Å²) in [6.45, 7) is -0.188. The fourth-order valence-corrected chi connectivity index (χ4v) is 0.941. The number of aliphatic hydroxyl groups excluding tert-OH is 1. The van der Waals surface area contributed by atoms with Gasteiger partial charge in [0.2, 0.25) is 0 Å². The van der Waals surface area contributed by atoms with Crippen LogP contribution >= 0.6 is 0 Å². The molecule has 0 spiro atoms. The molecule has 3 atom stereocenters. The first-order chi connectivity index (χ1) is 5.77. The topological polar surface area (TPSA) is 88.4 Å². The second-order valence-corrected chi connectivity index (χ2v) is 2.32. The Morgan fingerprint density at radius 1 is 1.33 bits per heavy atom. The summed E-state index contributed by atoms with van der Waals surface area (Å²) in [6, 6.07) is 0. The van der Waals surface area contributed by atoms with Gasteiger partial charge >= 0.3 is 0 Å². The van der Waals surface area contributed by atoms with Crippen molar-refractivity contribution in [2.45, 2.75) is 18.5 Å². The van der Waals surface area contributed by atoms with Crippen molar-refractivity contribution < 1.29 is 30.1 Å². The van der Waals surface area contributed by atoms with Crippen LogP contribution in [0.4, 0.5) is 0 Å². The van der Waals surface area contributed by atoms with Gasteiger partial charge in [-0.15, -0.1) is 0 Å². The van der Waals surface area contributed by atoms with E-state index in [2.05, 4.69) is 9.78 Å². The lowest BCUT2D eigenvalue weighted by Crippen LogP contribution is -2.39. The lowest BCUT2D eigenvalue weighted by Gasteiger charge is -2.26. The predicted molar refractivity (Wildman–Crippen MR) is 36.1 cm³/mol. The highest BCUT2D eigenvalue weighted by Gasteiger charge is 2.27. The van der Waals surface area contributed by atoms with Crippen LogP contribution in [-0.4, -0.2) is 40.7 Å². The van der Waals surface area contributed by atoms with Gasteiger partial charge in [-0.3, -0.25) is 10.5 Å². The molecule has 0 amide bonds. The van der Waals surface area contributed by atoms with Crippen LogP contribution in [0.2, 0.25) is 0 Å². The van der Waals surface area contributed by atoms with Gasteiger partial charge in [-0.1, -0.05) is 0 Å². The van der Waals surface area contributed by atoms with Crippen LogP contribution < -0.4 is 0 Å². The Morgan fingerprint density at radius 2 is 2.08 bits per heavy atom. The summed E-state index contributed by atoms with van der Waals surface area (Å²) in [5, 5.41) is 25.4. The number of ether oxygens (including phenoxy) is 1. The summed E-state index contributed by atoms with van der Waals surface area (Å²) >= 11 is 0. The average Bonchev–Trinajstić information content (AvgIpc) is 2.05. The number of aliphatic hydroxyl groups is 1. The molecule has 1 rings (SSSR count). The molecule has 0 saturated carbocycles. The zero-order valence-corrected chi connectivity index (χ0v) is 6.16. The molecule has 0 fully saturated rings. The van der Waals surface area contributed by atoms with Crippen molar-refractivity contribution in [3.63, 3.8) is 0 Å². The quantitative estimate of drug-likeness (QED) is 0.310. The first-order valence-corrected chi connectivity index (χ1v) is 3.36. The Morgan fingerprint density at radius 3 is 2.67 bits per heavy atom. The zero-order valence-electron chi connectivity index (χ0n) is 6.16. The van der Waals surface area contributed by atoms with Crippen molar-refractivity contribution in [3.8, 4) is 0 Å². The molecule has 1 aliphatic rings. The van der Waals surface area contributed by atoms with Gasteiger partial charge in [0.15, 0.2) is 6.29 Å². The summed E-state index contributed by atoms with van der Waals surface area (Å²) in [5.74, 6) is 0. The normalized spacial score (nSPS) is 35.4. The summed E-state index contributed by atoms with van der Waals surface area (Å²) < 4.78 is 4.83. The molecule has 0 radical (unpaired) electrons. The minimum atomic E-state index is -1.06. The molecule has 6 nitrogen and oxygen atoms in total. The molecule has 0 bridgehead atoms. The highest BCUT2D eigenvalue weighted by Crippen LogP contribution is 2.13. The third-order valence-electron chi connectivity index (χ3n) is 1.51. The average molecular weight is 178 g/mol. The van der Waals surface area contributed by atoms with E-state index in [1.165, 1.54) is 12.2 Å². The Hall–Kier alpha value is -0.500. The Balaban J connectivity index is 2.52.